The summed E-state index contributed by atoms with van der Waals surface area (Å²) in [5.41, 5.74) is 6.88. The molecule has 1 heterocycles. The molecule has 0 saturated heterocycles. The summed E-state index contributed by atoms with van der Waals surface area (Å²) in [6.45, 7) is 0. The Morgan fingerprint density at radius 1 is 1.04 bits per heavy atom. The van der Waals surface area contributed by atoms with Crippen molar-refractivity contribution in [2.24, 2.45) is 0 Å². The summed E-state index contributed by atoms with van der Waals surface area (Å²) in [7, 11) is 0. The molecule has 4 nitrogen and oxygen atoms in total. The zero-order chi connectivity index (χ0) is 18.5. The average molecular weight is 357 g/mol. The Hall–Kier alpha value is -3.27. The Balaban J connectivity index is 1.77. The number of benzene rings is 2. The van der Waals surface area contributed by atoms with Crippen molar-refractivity contribution in [2.75, 3.05) is 5.32 Å². The number of phenolic OH excluding ortho intramolecular Hbond substituents is 2. The first kappa shape index (κ1) is 15.9. The summed E-state index contributed by atoms with van der Waals surface area (Å²) in [5.74, 6) is -0.228. The molecule has 3 N–H and O–H groups in total. The molecule has 5 rings (SSSR count). The van der Waals surface area contributed by atoms with Gasteiger partial charge in [-0.3, -0.25) is 4.79 Å². The molecule has 3 aliphatic rings. The van der Waals surface area contributed by atoms with E-state index in [1.54, 1.807) is 6.07 Å². The van der Waals surface area contributed by atoms with E-state index in [1.165, 1.54) is 17.7 Å². The SMILES string of the molecule is O=C1CC2=C(C=CCC2)C2=C1C(c1ccc(O)c(O)c1)Nc1ccccc12. The van der Waals surface area contributed by atoms with Gasteiger partial charge in [0.1, 0.15) is 0 Å². The first-order valence-electron chi connectivity index (χ1n) is 9.17. The van der Waals surface area contributed by atoms with Gasteiger partial charge >= 0.3 is 0 Å². The van der Waals surface area contributed by atoms with E-state index in [2.05, 4.69) is 17.5 Å². The number of fused-ring (bicyclic) bond motifs is 3. The molecule has 2 aliphatic carbocycles. The second-order valence-electron chi connectivity index (χ2n) is 7.22. The summed E-state index contributed by atoms with van der Waals surface area (Å²) >= 11 is 0. The standard InChI is InChI=1S/C23H19NO3/c25-18-10-9-14(12-19(18)26)23-22-20(27)11-13-5-1-2-6-15(13)21(22)16-7-3-4-8-17(16)24-23/h2-4,6-10,12,23-26H,1,5,11H2. The molecule has 0 amide bonds. The minimum Gasteiger partial charge on any atom is -0.504 e. The smallest absolute Gasteiger partial charge is 0.165 e. The Labute approximate surface area is 157 Å². The highest BCUT2D eigenvalue weighted by atomic mass is 16.3. The van der Waals surface area contributed by atoms with Crippen LogP contribution in [0, 0.1) is 0 Å². The number of rotatable bonds is 1. The number of carbonyl (C=O) groups excluding carboxylic acids is 1. The fourth-order valence-corrected chi connectivity index (χ4v) is 4.35. The molecule has 0 aromatic heterocycles. The number of para-hydroxylation sites is 1. The Bertz CT molecular complexity index is 1070. The van der Waals surface area contributed by atoms with E-state index in [0.29, 0.717) is 6.42 Å². The summed E-state index contributed by atoms with van der Waals surface area (Å²) in [4.78, 5) is 13.2. The first-order chi connectivity index (χ1) is 13.1. The maximum atomic E-state index is 13.2. The van der Waals surface area contributed by atoms with Gasteiger partial charge < -0.3 is 15.5 Å². The highest BCUT2D eigenvalue weighted by Crippen LogP contribution is 2.49. The van der Waals surface area contributed by atoms with Crippen LogP contribution in [0.25, 0.3) is 5.57 Å². The van der Waals surface area contributed by atoms with Gasteiger partial charge in [0.15, 0.2) is 17.3 Å². The lowest BCUT2D eigenvalue weighted by molar-refractivity contribution is -0.115. The molecule has 0 saturated carbocycles. The molecule has 4 heteroatoms. The first-order valence-corrected chi connectivity index (χ1v) is 9.17. The fourth-order valence-electron chi connectivity index (χ4n) is 4.35. The topological polar surface area (TPSA) is 69.6 Å². The molecule has 1 aliphatic heterocycles. The second kappa shape index (κ2) is 5.88. The summed E-state index contributed by atoms with van der Waals surface area (Å²) in [5, 5.41) is 23.1. The van der Waals surface area contributed by atoms with Crippen LogP contribution in [0.15, 0.2) is 71.3 Å². The van der Waals surface area contributed by atoms with E-state index in [4.69, 9.17) is 0 Å². The Kier molecular flexibility index (Phi) is 3.47. The number of ketones is 1. The van der Waals surface area contributed by atoms with E-state index in [-0.39, 0.29) is 23.3 Å². The Morgan fingerprint density at radius 2 is 1.89 bits per heavy atom. The van der Waals surface area contributed by atoms with Gasteiger partial charge in [-0.25, -0.2) is 0 Å². The van der Waals surface area contributed by atoms with Crippen LogP contribution in [0.2, 0.25) is 0 Å². The van der Waals surface area contributed by atoms with E-state index < -0.39 is 0 Å². The third-order valence-corrected chi connectivity index (χ3v) is 5.61. The van der Waals surface area contributed by atoms with Gasteiger partial charge in [-0.15, -0.1) is 0 Å². The lowest BCUT2D eigenvalue weighted by Gasteiger charge is -2.36. The average Bonchev–Trinajstić information content (AvgIpc) is 2.69. The van der Waals surface area contributed by atoms with E-state index in [9.17, 15) is 15.0 Å². The van der Waals surface area contributed by atoms with E-state index in [0.717, 1.165) is 46.4 Å². The number of hydrogen-bond donors (Lipinski definition) is 3. The van der Waals surface area contributed by atoms with Crippen molar-refractivity contribution in [1.29, 1.82) is 0 Å². The van der Waals surface area contributed by atoms with Gasteiger partial charge in [0, 0.05) is 28.8 Å². The van der Waals surface area contributed by atoms with Crippen molar-refractivity contribution in [3.8, 4) is 11.5 Å². The molecule has 1 unspecified atom stereocenters. The third kappa shape index (κ3) is 2.40. The molecule has 134 valence electrons. The summed E-state index contributed by atoms with van der Waals surface area (Å²) in [6.07, 6.45) is 6.67. The fraction of sp³-hybridized carbons (Fsp3) is 0.174. The molecule has 0 fully saturated rings. The molecule has 2 aromatic rings. The highest BCUT2D eigenvalue weighted by Gasteiger charge is 2.37. The number of phenols is 2. The van der Waals surface area contributed by atoms with Gasteiger partial charge in [0.25, 0.3) is 0 Å². The van der Waals surface area contributed by atoms with Crippen LogP contribution < -0.4 is 5.32 Å². The third-order valence-electron chi connectivity index (χ3n) is 5.61. The van der Waals surface area contributed by atoms with Gasteiger partial charge in [0.05, 0.1) is 6.04 Å². The zero-order valence-corrected chi connectivity index (χ0v) is 14.7. The van der Waals surface area contributed by atoms with Crippen LogP contribution in [-0.2, 0) is 4.79 Å². The molecular formula is C23H19NO3. The minimum absolute atomic E-state index is 0.124. The van der Waals surface area contributed by atoms with Crippen molar-refractivity contribution < 1.29 is 15.0 Å². The molecular weight excluding hydrogens is 338 g/mol. The van der Waals surface area contributed by atoms with Crippen LogP contribution in [0.5, 0.6) is 11.5 Å². The molecule has 0 spiro atoms. The van der Waals surface area contributed by atoms with E-state index in [1.807, 2.05) is 24.3 Å². The highest BCUT2D eigenvalue weighted by molar-refractivity contribution is 6.14. The molecule has 0 radical (unpaired) electrons. The van der Waals surface area contributed by atoms with Crippen molar-refractivity contribution in [3.05, 3.63) is 82.5 Å². The van der Waals surface area contributed by atoms with Gasteiger partial charge in [-0.1, -0.05) is 42.0 Å². The number of Topliss-reactive ketones (excluding diaryl/α,β-unsaturated/α-hetero) is 1. The predicted octanol–water partition coefficient (Wildman–Crippen LogP) is 4.64. The number of carbonyl (C=O) groups is 1. The number of anilines is 1. The van der Waals surface area contributed by atoms with Crippen LogP contribution in [-0.4, -0.2) is 16.0 Å². The summed E-state index contributed by atoms with van der Waals surface area (Å²) in [6, 6.07) is 12.4. The number of hydrogen-bond acceptors (Lipinski definition) is 4. The van der Waals surface area contributed by atoms with Crippen LogP contribution in [0.3, 0.4) is 0 Å². The monoisotopic (exact) mass is 357 g/mol. The molecule has 27 heavy (non-hydrogen) atoms. The molecule has 2 aromatic carbocycles. The Morgan fingerprint density at radius 3 is 2.74 bits per heavy atom. The largest absolute Gasteiger partial charge is 0.504 e. The molecule has 1 atom stereocenters. The number of allylic oxidation sites excluding steroid dienone is 5. The van der Waals surface area contributed by atoms with Crippen LogP contribution in [0.1, 0.15) is 36.4 Å². The van der Waals surface area contributed by atoms with Crippen molar-refractivity contribution in [3.63, 3.8) is 0 Å². The van der Waals surface area contributed by atoms with Crippen molar-refractivity contribution >= 4 is 17.0 Å². The number of nitrogens with one attached hydrogen (secondary N) is 1. The van der Waals surface area contributed by atoms with E-state index >= 15 is 0 Å². The van der Waals surface area contributed by atoms with Crippen LogP contribution >= 0.6 is 0 Å². The normalized spacial score (nSPS) is 20.7. The maximum absolute atomic E-state index is 13.2. The van der Waals surface area contributed by atoms with Gasteiger partial charge in [-0.2, -0.15) is 0 Å². The summed E-state index contributed by atoms with van der Waals surface area (Å²) < 4.78 is 0. The van der Waals surface area contributed by atoms with Gasteiger partial charge in [-0.05, 0) is 42.2 Å². The van der Waals surface area contributed by atoms with Crippen LogP contribution in [0.4, 0.5) is 5.69 Å². The van der Waals surface area contributed by atoms with Gasteiger partial charge in [0.2, 0.25) is 0 Å². The predicted molar refractivity (Wildman–Crippen MR) is 105 cm³/mol. The lowest BCUT2D eigenvalue weighted by Crippen LogP contribution is -2.28. The lowest BCUT2D eigenvalue weighted by atomic mass is 9.73. The minimum atomic E-state index is -0.363. The zero-order valence-electron chi connectivity index (χ0n) is 14.7. The number of aromatic hydroxyl groups is 2. The van der Waals surface area contributed by atoms with Crippen molar-refractivity contribution in [2.45, 2.75) is 25.3 Å². The van der Waals surface area contributed by atoms with Crippen molar-refractivity contribution in [1.82, 2.24) is 0 Å². The second-order valence-corrected chi connectivity index (χ2v) is 7.22. The quantitative estimate of drug-likeness (QED) is 0.651. The maximum Gasteiger partial charge on any atom is 0.165 e. The molecule has 0 bridgehead atoms.